The molecular weight excluding hydrogens is 655 g/mol. The number of amides is 5. The molecule has 1 aromatic rings. The molecule has 1 aliphatic heterocycles. The second-order valence-electron chi connectivity index (χ2n) is 15.4. The maximum absolute atomic E-state index is 14.6. The van der Waals surface area contributed by atoms with Crippen LogP contribution in [0.4, 0.5) is 18.0 Å². The smallest absolute Gasteiger partial charge is 0.383 e. The number of ether oxygens (including phenoxy) is 1. The molecule has 1 saturated heterocycles. The number of nitrogens with one attached hydrogen (secondary N) is 4. The monoisotopic (exact) mass is 705 g/mol. The Bertz CT molecular complexity index is 1450. The maximum Gasteiger partial charge on any atom is 0.389 e. The summed E-state index contributed by atoms with van der Waals surface area (Å²) in [5.74, 6) is -4.48. The van der Waals surface area contributed by atoms with Gasteiger partial charge in [-0.1, -0.05) is 65.0 Å². The molecule has 3 aliphatic rings. The Labute approximate surface area is 291 Å². The van der Waals surface area contributed by atoms with Gasteiger partial charge in [0.25, 0.3) is 5.91 Å². The Kier molecular flexibility index (Phi) is 11.8. The number of carbonyl (C=O) groups is 5. The molecule has 1 aromatic carbocycles. The molecule has 14 heteroatoms. The van der Waals surface area contributed by atoms with Crippen molar-refractivity contribution >= 4 is 29.5 Å². The minimum atomic E-state index is -4.65. The third kappa shape index (κ3) is 8.85. The number of benzene rings is 1. The quantitative estimate of drug-likeness (QED) is 0.173. The molecule has 50 heavy (non-hydrogen) atoms. The standard InChI is InChI=1S/C36H50F3N5O6/c1-8-15-40-31(47)29(45)24(13-14-36(37,38)39)41-30(46)28-26-23(35(26,5)6)18-44(28)32(48)27(22-16-20-11-9-10-12-21(20)17-22)43-33(49)42-25(19-50-7)34(2,3)4/h8-12,22-28H,1,13-19H2,2-7H3,(H,40,47)(H,41,46)(H2,42,43,49)/t23-,24?,25+,26-,27-,28-/m0/s1. The predicted octanol–water partition coefficient (Wildman–Crippen LogP) is 3.31. The van der Waals surface area contributed by atoms with Crippen LogP contribution in [0.15, 0.2) is 36.9 Å². The highest BCUT2D eigenvalue weighted by Gasteiger charge is 2.70. The van der Waals surface area contributed by atoms with Crippen molar-refractivity contribution in [2.75, 3.05) is 26.8 Å². The number of piperidine rings is 1. The van der Waals surface area contributed by atoms with Gasteiger partial charge in [-0.15, -0.1) is 6.58 Å². The number of likely N-dealkylation sites (tertiary alicyclic amines) is 1. The second-order valence-corrected chi connectivity index (χ2v) is 15.4. The summed E-state index contributed by atoms with van der Waals surface area (Å²) in [4.78, 5) is 69.0. The molecule has 1 saturated carbocycles. The molecule has 4 rings (SSSR count). The molecule has 0 bridgehead atoms. The van der Waals surface area contributed by atoms with Gasteiger partial charge in [-0.25, -0.2) is 4.79 Å². The highest BCUT2D eigenvalue weighted by molar-refractivity contribution is 6.38. The Morgan fingerprint density at radius 1 is 1.04 bits per heavy atom. The van der Waals surface area contributed by atoms with E-state index in [0.717, 1.165) is 11.1 Å². The lowest BCUT2D eigenvalue weighted by Gasteiger charge is -2.36. The van der Waals surface area contributed by atoms with E-state index in [4.69, 9.17) is 4.74 Å². The molecule has 0 radical (unpaired) electrons. The fraction of sp³-hybridized carbons (Fsp3) is 0.639. The number of rotatable bonds is 14. The van der Waals surface area contributed by atoms with E-state index in [0.29, 0.717) is 12.8 Å². The van der Waals surface area contributed by atoms with Crippen LogP contribution in [0.3, 0.4) is 0 Å². The summed E-state index contributed by atoms with van der Waals surface area (Å²) in [6, 6.07) is 2.83. The van der Waals surface area contributed by atoms with Gasteiger partial charge in [0, 0.05) is 26.6 Å². The largest absolute Gasteiger partial charge is 0.389 e. The van der Waals surface area contributed by atoms with Crippen LogP contribution in [-0.2, 0) is 36.8 Å². The molecule has 6 atom stereocenters. The van der Waals surface area contributed by atoms with Gasteiger partial charge < -0.3 is 30.9 Å². The van der Waals surface area contributed by atoms with Crippen LogP contribution in [0.2, 0.25) is 0 Å². The van der Waals surface area contributed by atoms with Crippen molar-refractivity contribution in [3.63, 3.8) is 0 Å². The second kappa shape index (κ2) is 15.1. The van der Waals surface area contributed by atoms with Crippen LogP contribution in [0.1, 0.15) is 58.6 Å². The first-order valence-corrected chi connectivity index (χ1v) is 17.0. The minimum absolute atomic E-state index is 0.0929. The highest BCUT2D eigenvalue weighted by Crippen LogP contribution is 2.65. The van der Waals surface area contributed by atoms with Crippen molar-refractivity contribution in [1.29, 1.82) is 0 Å². The summed E-state index contributed by atoms with van der Waals surface area (Å²) in [6.45, 7) is 13.5. The number of alkyl halides is 3. The van der Waals surface area contributed by atoms with Gasteiger partial charge in [0.15, 0.2) is 0 Å². The van der Waals surface area contributed by atoms with Crippen molar-refractivity contribution in [2.24, 2.45) is 28.6 Å². The van der Waals surface area contributed by atoms with Crippen molar-refractivity contribution in [3.05, 3.63) is 48.0 Å². The topological polar surface area (TPSA) is 146 Å². The zero-order valence-corrected chi connectivity index (χ0v) is 29.6. The Morgan fingerprint density at radius 3 is 2.20 bits per heavy atom. The summed E-state index contributed by atoms with van der Waals surface area (Å²) >= 11 is 0. The highest BCUT2D eigenvalue weighted by atomic mass is 19.4. The zero-order valence-electron chi connectivity index (χ0n) is 29.6. The number of urea groups is 1. The molecule has 2 aliphatic carbocycles. The number of ketones is 1. The number of methoxy groups -OCH3 is 1. The summed E-state index contributed by atoms with van der Waals surface area (Å²) in [5.41, 5.74) is 1.36. The number of halogens is 3. The first-order valence-electron chi connectivity index (χ1n) is 17.0. The SMILES string of the molecule is C=CCNC(=O)C(=O)C(CCC(F)(F)F)NC(=O)[C@@H]1[C@@H]2[C@H](CN1C(=O)[C@@H](NC(=O)N[C@H](COC)C(C)(C)C)C1Cc3ccccc3C1)C2(C)C. The first-order chi connectivity index (χ1) is 23.3. The summed E-state index contributed by atoms with van der Waals surface area (Å²) in [7, 11) is 1.53. The molecule has 0 aromatic heterocycles. The van der Waals surface area contributed by atoms with Gasteiger partial charge in [-0.3, -0.25) is 19.2 Å². The number of hydrogen-bond donors (Lipinski definition) is 4. The number of carbonyl (C=O) groups excluding carboxylic acids is 5. The summed E-state index contributed by atoms with van der Waals surface area (Å²) in [6.07, 6.45) is -4.59. The van der Waals surface area contributed by atoms with Crippen LogP contribution in [0.5, 0.6) is 0 Å². The summed E-state index contributed by atoms with van der Waals surface area (Å²) in [5, 5.41) is 10.5. The number of hydrogen-bond acceptors (Lipinski definition) is 6. The van der Waals surface area contributed by atoms with Crippen LogP contribution < -0.4 is 21.3 Å². The normalized spacial score (nSPS) is 22.7. The minimum Gasteiger partial charge on any atom is -0.383 e. The van der Waals surface area contributed by atoms with Crippen molar-refractivity contribution in [1.82, 2.24) is 26.2 Å². The number of nitrogens with zero attached hydrogens (tertiary/aromatic N) is 1. The van der Waals surface area contributed by atoms with Gasteiger partial charge in [0.1, 0.15) is 12.1 Å². The first kappa shape index (κ1) is 38.9. The van der Waals surface area contributed by atoms with E-state index in [2.05, 4.69) is 27.8 Å². The van der Waals surface area contributed by atoms with E-state index >= 15 is 0 Å². The average molecular weight is 706 g/mol. The van der Waals surface area contributed by atoms with Crippen LogP contribution in [-0.4, -0.2) is 91.6 Å². The van der Waals surface area contributed by atoms with E-state index in [1.807, 2.05) is 58.9 Å². The average Bonchev–Trinajstić information content (AvgIpc) is 3.40. The fourth-order valence-corrected chi connectivity index (χ4v) is 7.46. The molecule has 2 fully saturated rings. The molecule has 0 spiro atoms. The van der Waals surface area contributed by atoms with Gasteiger partial charge in [-0.2, -0.15) is 13.2 Å². The molecule has 11 nitrogen and oxygen atoms in total. The van der Waals surface area contributed by atoms with E-state index < -0.39 is 72.7 Å². The van der Waals surface area contributed by atoms with E-state index in [9.17, 15) is 37.1 Å². The van der Waals surface area contributed by atoms with Crippen molar-refractivity contribution in [3.8, 4) is 0 Å². The number of Topliss-reactive ketones (excluding diaryl/α,β-unsaturated/α-hetero) is 1. The van der Waals surface area contributed by atoms with Crippen molar-refractivity contribution in [2.45, 2.75) is 90.6 Å². The molecule has 1 unspecified atom stereocenters. The third-order valence-corrected chi connectivity index (χ3v) is 10.5. The van der Waals surface area contributed by atoms with E-state index in [-0.39, 0.29) is 48.3 Å². The summed E-state index contributed by atoms with van der Waals surface area (Å²) < 4.78 is 45.1. The van der Waals surface area contributed by atoms with Gasteiger partial charge in [0.2, 0.25) is 17.6 Å². The zero-order chi connectivity index (χ0) is 37.2. The predicted molar refractivity (Wildman–Crippen MR) is 180 cm³/mol. The molecule has 4 N–H and O–H groups in total. The Balaban J connectivity index is 1.62. The lowest BCUT2D eigenvalue weighted by Crippen LogP contribution is -2.61. The molecular formula is C36H50F3N5O6. The molecule has 5 amide bonds. The molecule has 1 heterocycles. The molecule has 276 valence electrons. The van der Waals surface area contributed by atoms with E-state index in [1.54, 1.807) is 0 Å². The van der Waals surface area contributed by atoms with Crippen LogP contribution >= 0.6 is 0 Å². The lowest BCUT2D eigenvalue weighted by atomic mass is 9.87. The van der Waals surface area contributed by atoms with Crippen molar-refractivity contribution < 1.29 is 41.9 Å². The number of fused-ring (bicyclic) bond motifs is 2. The van der Waals surface area contributed by atoms with Crippen LogP contribution in [0.25, 0.3) is 0 Å². The Hall–Kier alpha value is -3.94. The van der Waals surface area contributed by atoms with Gasteiger partial charge in [0.05, 0.1) is 18.7 Å². The maximum atomic E-state index is 14.6. The lowest BCUT2D eigenvalue weighted by molar-refractivity contribution is -0.147. The van der Waals surface area contributed by atoms with Gasteiger partial charge >= 0.3 is 12.2 Å². The van der Waals surface area contributed by atoms with Gasteiger partial charge in [-0.05, 0) is 59.0 Å². The third-order valence-electron chi connectivity index (χ3n) is 10.5. The van der Waals surface area contributed by atoms with Crippen LogP contribution in [0, 0.1) is 28.6 Å². The van der Waals surface area contributed by atoms with E-state index in [1.165, 1.54) is 18.1 Å². The fourth-order valence-electron chi connectivity index (χ4n) is 7.46. The Morgan fingerprint density at radius 2 is 1.66 bits per heavy atom.